The molecule has 0 saturated heterocycles. The van der Waals surface area contributed by atoms with Gasteiger partial charge in [0, 0.05) is 6.20 Å². The molecule has 6 nitrogen and oxygen atoms in total. The number of carbonyl (C=O) groups excluding carboxylic acids is 1. The summed E-state index contributed by atoms with van der Waals surface area (Å²) in [5, 5.41) is 7.38. The van der Waals surface area contributed by atoms with Crippen molar-refractivity contribution in [2.24, 2.45) is 5.73 Å². The fourth-order valence-corrected chi connectivity index (χ4v) is 1.11. The van der Waals surface area contributed by atoms with Gasteiger partial charge in [-0.15, -0.1) is 5.10 Å². The quantitative estimate of drug-likeness (QED) is 0.706. The maximum atomic E-state index is 11.0. The van der Waals surface area contributed by atoms with Gasteiger partial charge in [0.25, 0.3) is 5.91 Å². The van der Waals surface area contributed by atoms with Crippen LogP contribution in [0.15, 0.2) is 30.7 Å². The van der Waals surface area contributed by atoms with Gasteiger partial charge >= 0.3 is 0 Å². The average Bonchev–Trinajstić information content (AvgIpc) is 2.70. The number of primary amides is 1. The summed E-state index contributed by atoms with van der Waals surface area (Å²) < 4.78 is 1.44. The van der Waals surface area contributed by atoms with Crippen molar-refractivity contribution < 1.29 is 4.79 Å². The summed E-state index contributed by atoms with van der Waals surface area (Å²) in [7, 11) is 0. The maximum Gasteiger partial charge on any atom is 0.269 e. The van der Waals surface area contributed by atoms with E-state index in [-0.39, 0.29) is 5.69 Å². The number of rotatable bonds is 2. The van der Waals surface area contributed by atoms with Crippen molar-refractivity contribution in [1.29, 1.82) is 0 Å². The minimum Gasteiger partial charge on any atom is -0.364 e. The molecule has 2 rings (SSSR count). The third-order valence-corrected chi connectivity index (χ3v) is 1.69. The molecule has 0 saturated carbocycles. The van der Waals surface area contributed by atoms with E-state index in [0.717, 1.165) is 0 Å². The van der Waals surface area contributed by atoms with Crippen LogP contribution in [-0.2, 0) is 0 Å². The molecule has 0 fully saturated rings. The van der Waals surface area contributed by atoms with Crippen LogP contribution in [0.4, 0.5) is 0 Å². The zero-order chi connectivity index (χ0) is 9.97. The highest BCUT2D eigenvalue weighted by molar-refractivity contribution is 5.94. The predicted octanol–water partition coefficient (Wildman–Crippen LogP) is -0.239. The fraction of sp³-hybridized carbons (Fsp3) is 0. The molecular formula is C8H7N5O. The zero-order valence-electron chi connectivity index (χ0n) is 7.16. The largest absolute Gasteiger partial charge is 0.364 e. The van der Waals surface area contributed by atoms with Crippen molar-refractivity contribution in [3.05, 3.63) is 36.4 Å². The van der Waals surface area contributed by atoms with Crippen LogP contribution < -0.4 is 5.73 Å². The fourth-order valence-electron chi connectivity index (χ4n) is 1.11. The second-order valence-corrected chi connectivity index (χ2v) is 2.58. The first kappa shape index (κ1) is 8.36. The van der Waals surface area contributed by atoms with Crippen LogP contribution >= 0.6 is 0 Å². The summed E-state index contributed by atoms with van der Waals surface area (Å²) in [6.45, 7) is 0. The molecule has 2 aromatic heterocycles. The van der Waals surface area contributed by atoms with E-state index < -0.39 is 5.91 Å². The SMILES string of the molecule is NC(=O)c1ncccc1-n1ccnn1. The number of nitrogens with zero attached hydrogens (tertiary/aromatic N) is 4. The summed E-state index contributed by atoms with van der Waals surface area (Å²) in [6, 6.07) is 3.39. The third kappa shape index (κ3) is 1.33. The van der Waals surface area contributed by atoms with E-state index in [9.17, 15) is 4.79 Å². The minimum atomic E-state index is -0.587. The highest BCUT2D eigenvalue weighted by atomic mass is 16.1. The molecular weight excluding hydrogens is 182 g/mol. The zero-order valence-corrected chi connectivity index (χ0v) is 7.16. The molecule has 1 amide bonds. The van der Waals surface area contributed by atoms with Gasteiger partial charge in [-0.3, -0.25) is 4.79 Å². The molecule has 0 bridgehead atoms. The normalized spacial score (nSPS) is 10.0. The Kier molecular flexibility index (Phi) is 1.94. The number of hydrogen-bond donors (Lipinski definition) is 1. The summed E-state index contributed by atoms with van der Waals surface area (Å²) in [5.41, 5.74) is 5.86. The second kappa shape index (κ2) is 3.25. The van der Waals surface area contributed by atoms with Crippen molar-refractivity contribution in [2.45, 2.75) is 0 Å². The first-order valence-electron chi connectivity index (χ1n) is 3.90. The second-order valence-electron chi connectivity index (χ2n) is 2.58. The molecule has 0 aliphatic heterocycles. The number of carbonyl (C=O) groups is 1. The Morgan fingerprint density at radius 3 is 2.93 bits per heavy atom. The van der Waals surface area contributed by atoms with Crippen LogP contribution in [-0.4, -0.2) is 25.9 Å². The lowest BCUT2D eigenvalue weighted by molar-refractivity contribution is 0.0995. The van der Waals surface area contributed by atoms with Crippen LogP contribution in [0.5, 0.6) is 0 Å². The molecule has 2 N–H and O–H groups in total. The number of pyridine rings is 1. The Bertz CT molecular complexity index is 451. The Morgan fingerprint density at radius 1 is 1.43 bits per heavy atom. The van der Waals surface area contributed by atoms with Gasteiger partial charge in [-0.1, -0.05) is 5.21 Å². The molecule has 2 aromatic rings. The van der Waals surface area contributed by atoms with Gasteiger partial charge in [-0.05, 0) is 12.1 Å². The number of hydrogen-bond acceptors (Lipinski definition) is 4. The molecule has 0 radical (unpaired) electrons. The Morgan fingerprint density at radius 2 is 2.29 bits per heavy atom. The molecule has 0 spiro atoms. The van der Waals surface area contributed by atoms with Gasteiger partial charge in [0.1, 0.15) is 0 Å². The first-order valence-corrected chi connectivity index (χ1v) is 3.90. The Labute approximate surface area is 79.4 Å². The number of aromatic nitrogens is 4. The van der Waals surface area contributed by atoms with Gasteiger partial charge in [-0.2, -0.15) is 0 Å². The van der Waals surface area contributed by atoms with Gasteiger partial charge in [0.15, 0.2) is 5.69 Å². The summed E-state index contributed by atoms with van der Waals surface area (Å²) in [5.74, 6) is -0.587. The van der Waals surface area contributed by atoms with Crippen LogP contribution in [0.2, 0.25) is 0 Å². The van der Waals surface area contributed by atoms with Crippen molar-refractivity contribution in [3.63, 3.8) is 0 Å². The molecule has 0 aliphatic carbocycles. The van der Waals surface area contributed by atoms with Crippen LogP contribution in [0, 0.1) is 0 Å². The van der Waals surface area contributed by atoms with Crippen LogP contribution in [0.1, 0.15) is 10.5 Å². The lowest BCUT2D eigenvalue weighted by atomic mass is 10.3. The minimum absolute atomic E-state index is 0.179. The van der Waals surface area contributed by atoms with Gasteiger partial charge < -0.3 is 5.73 Å². The maximum absolute atomic E-state index is 11.0. The van der Waals surface area contributed by atoms with Crippen molar-refractivity contribution in [3.8, 4) is 5.69 Å². The van der Waals surface area contributed by atoms with E-state index in [1.54, 1.807) is 18.3 Å². The third-order valence-electron chi connectivity index (χ3n) is 1.69. The van der Waals surface area contributed by atoms with Crippen molar-refractivity contribution in [2.75, 3.05) is 0 Å². The highest BCUT2D eigenvalue weighted by Crippen LogP contribution is 2.08. The predicted molar refractivity (Wildman–Crippen MR) is 47.7 cm³/mol. The van der Waals surface area contributed by atoms with Crippen molar-refractivity contribution >= 4 is 5.91 Å². The lowest BCUT2D eigenvalue weighted by Crippen LogP contribution is -2.16. The summed E-state index contributed by atoms with van der Waals surface area (Å²) >= 11 is 0. The van der Waals surface area contributed by atoms with E-state index in [1.165, 1.54) is 17.1 Å². The van der Waals surface area contributed by atoms with E-state index in [1.807, 2.05) is 0 Å². The van der Waals surface area contributed by atoms with E-state index in [2.05, 4.69) is 15.3 Å². The van der Waals surface area contributed by atoms with Gasteiger partial charge in [0.05, 0.1) is 18.1 Å². The Hall–Kier alpha value is -2.24. The molecule has 0 aliphatic rings. The number of amides is 1. The molecule has 6 heteroatoms. The summed E-state index contributed by atoms with van der Waals surface area (Å²) in [6.07, 6.45) is 4.63. The molecule has 0 unspecified atom stereocenters. The Balaban J connectivity index is 2.58. The molecule has 14 heavy (non-hydrogen) atoms. The van der Waals surface area contributed by atoms with E-state index in [4.69, 9.17) is 5.73 Å². The van der Waals surface area contributed by atoms with Crippen LogP contribution in [0.25, 0.3) is 5.69 Å². The topological polar surface area (TPSA) is 86.7 Å². The molecule has 0 atom stereocenters. The van der Waals surface area contributed by atoms with Gasteiger partial charge in [0.2, 0.25) is 0 Å². The van der Waals surface area contributed by atoms with Crippen LogP contribution in [0.3, 0.4) is 0 Å². The lowest BCUT2D eigenvalue weighted by Gasteiger charge is -2.03. The molecule has 70 valence electrons. The van der Waals surface area contributed by atoms with Gasteiger partial charge in [-0.25, -0.2) is 9.67 Å². The highest BCUT2D eigenvalue weighted by Gasteiger charge is 2.10. The van der Waals surface area contributed by atoms with E-state index >= 15 is 0 Å². The first-order chi connectivity index (χ1) is 6.79. The smallest absolute Gasteiger partial charge is 0.269 e. The molecule has 2 heterocycles. The summed E-state index contributed by atoms with van der Waals surface area (Å²) in [4.78, 5) is 14.9. The number of nitrogens with two attached hydrogens (primary N) is 1. The van der Waals surface area contributed by atoms with E-state index in [0.29, 0.717) is 5.69 Å². The molecule has 0 aromatic carbocycles. The average molecular weight is 189 g/mol. The monoisotopic (exact) mass is 189 g/mol. The van der Waals surface area contributed by atoms with Crippen molar-refractivity contribution in [1.82, 2.24) is 20.0 Å². The standard InChI is InChI=1S/C8H7N5O/c9-8(14)7-6(2-1-3-10-7)13-5-4-11-12-13/h1-5H,(H2,9,14).